The summed E-state index contributed by atoms with van der Waals surface area (Å²) in [4.78, 5) is 20.2. The van der Waals surface area contributed by atoms with E-state index in [1.165, 1.54) is 6.20 Å². The molecule has 0 bridgehead atoms. The van der Waals surface area contributed by atoms with Crippen LogP contribution in [0.4, 0.5) is 5.69 Å². The van der Waals surface area contributed by atoms with E-state index in [1.807, 2.05) is 6.92 Å². The molecular weight excluding hydrogens is 266 g/mol. The van der Waals surface area contributed by atoms with Gasteiger partial charge in [0.15, 0.2) is 0 Å². The minimum atomic E-state index is -0.251. The largest absolute Gasteiger partial charge is 0.395 e. The lowest BCUT2D eigenvalue weighted by atomic mass is 10.2. The molecule has 2 rings (SSSR count). The van der Waals surface area contributed by atoms with Crippen LogP contribution in [-0.2, 0) is 0 Å². The zero-order valence-corrected chi connectivity index (χ0v) is 11.6. The molecule has 1 amide bonds. The summed E-state index contributed by atoms with van der Waals surface area (Å²) in [6.45, 7) is 1.87. The van der Waals surface area contributed by atoms with Crippen LogP contribution in [-0.4, -0.2) is 27.6 Å². The minimum Gasteiger partial charge on any atom is -0.395 e. The van der Waals surface area contributed by atoms with Gasteiger partial charge in [-0.05, 0) is 25.1 Å². The molecule has 0 aliphatic carbocycles. The molecule has 5 heteroatoms. The number of nitrogens with zero attached hydrogens (tertiary/aromatic N) is 2. The van der Waals surface area contributed by atoms with Gasteiger partial charge in [0.2, 0.25) is 0 Å². The fraction of sp³-hybridized carbons (Fsp3) is 0.188. The van der Waals surface area contributed by atoms with Gasteiger partial charge in [-0.15, -0.1) is 0 Å². The second-order valence-corrected chi connectivity index (χ2v) is 4.38. The van der Waals surface area contributed by atoms with Gasteiger partial charge in [-0.25, -0.2) is 0 Å². The molecule has 21 heavy (non-hydrogen) atoms. The van der Waals surface area contributed by atoms with Crippen molar-refractivity contribution in [1.29, 1.82) is 0 Å². The van der Waals surface area contributed by atoms with Crippen molar-refractivity contribution >= 4 is 11.6 Å². The van der Waals surface area contributed by atoms with Crippen molar-refractivity contribution in [2.24, 2.45) is 0 Å². The first-order valence-electron chi connectivity index (χ1n) is 6.48. The molecule has 0 saturated carbocycles. The van der Waals surface area contributed by atoms with Crippen LogP contribution in [0.1, 0.15) is 28.0 Å². The van der Waals surface area contributed by atoms with Crippen LogP contribution in [0.3, 0.4) is 0 Å². The van der Waals surface area contributed by atoms with E-state index >= 15 is 0 Å². The first kappa shape index (κ1) is 14.7. The maximum absolute atomic E-state index is 12.1. The van der Waals surface area contributed by atoms with E-state index < -0.39 is 0 Å². The molecule has 0 spiro atoms. The molecule has 0 atom stereocenters. The number of aryl methyl sites for hydroxylation is 1. The summed E-state index contributed by atoms with van der Waals surface area (Å²) in [5, 5.41) is 11.5. The number of aliphatic hydroxyl groups is 1. The Bertz CT molecular complexity index is 702. The van der Waals surface area contributed by atoms with Gasteiger partial charge in [-0.1, -0.05) is 11.8 Å². The summed E-state index contributed by atoms with van der Waals surface area (Å²) in [6, 6.07) is 5.18. The number of anilines is 1. The molecule has 5 nitrogen and oxygen atoms in total. The molecule has 2 N–H and O–H groups in total. The van der Waals surface area contributed by atoms with Crippen LogP contribution >= 0.6 is 0 Å². The summed E-state index contributed by atoms with van der Waals surface area (Å²) in [5.74, 6) is 5.39. The SMILES string of the molecule is Cc1cc(NC(=O)c2cncc(C#CCCO)c2)ccn1. The number of hydrogen-bond donors (Lipinski definition) is 2. The Morgan fingerprint density at radius 2 is 2.24 bits per heavy atom. The van der Waals surface area contributed by atoms with Crippen LogP contribution < -0.4 is 5.32 Å². The number of carbonyl (C=O) groups excluding carboxylic acids is 1. The monoisotopic (exact) mass is 281 g/mol. The zero-order chi connectivity index (χ0) is 15.1. The Hall–Kier alpha value is -2.71. The summed E-state index contributed by atoms with van der Waals surface area (Å²) < 4.78 is 0. The molecule has 106 valence electrons. The number of aromatic nitrogens is 2. The molecule has 0 saturated heterocycles. The van der Waals surface area contributed by atoms with Crippen LogP contribution in [0.25, 0.3) is 0 Å². The fourth-order valence-electron chi connectivity index (χ4n) is 1.68. The van der Waals surface area contributed by atoms with E-state index in [0.717, 1.165) is 5.69 Å². The predicted octanol–water partition coefficient (Wildman–Crippen LogP) is 1.77. The third-order valence-corrected chi connectivity index (χ3v) is 2.62. The number of carbonyl (C=O) groups is 1. The van der Waals surface area contributed by atoms with Crippen LogP contribution in [0.5, 0.6) is 0 Å². The molecule has 2 aromatic heterocycles. The Labute approximate surface area is 123 Å². The molecule has 0 aromatic carbocycles. The summed E-state index contributed by atoms with van der Waals surface area (Å²) in [7, 11) is 0. The van der Waals surface area contributed by atoms with Gasteiger partial charge in [0.05, 0.1) is 12.2 Å². The van der Waals surface area contributed by atoms with Gasteiger partial charge >= 0.3 is 0 Å². The Kier molecular flexibility index (Phi) is 5.02. The van der Waals surface area contributed by atoms with Crippen molar-refractivity contribution in [2.45, 2.75) is 13.3 Å². The van der Waals surface area contributed by atoms with Crippen molar-refractivity contribution in [1.82, 2.24) is 9.97 Å². The standard InChI is InChI=1S/C16H15N3O2/c1-12-8-15(5-6-18-12)19-16(21)14-9-13(10-17-11-14)4-2-3-7-20/h5-6,8-11,20H,3,7H2,1H3,(H,18,19,21). The lowest BCUT2D eigenvalue weighted by Crippen LogP contribution is -2.12. The topological polar surface area (TPSA) is 75.1 Å². The Morgan fingerprint density at radius 1 is 1.38 bits per heavy atom. The van der Waals surface area contributed by atoms with E-state index in [-0.39, 0.29) is 12.5 Å². The number of nitrogens with one attached hydrogen (secondary N) is 1. The second kappa shape index (κ2) is 7.17. The minimum absolute atomic E-state index is 0.0159. The quantitative estimate of drug-likeness (QED) is 0.841. The molecule has 0 radical (unpaired) electrons. The number of hydrogen-bond acceptors (Lipinski definition) is 4. The molecule has 0 unspecified atom stereocenters. The summed E-state index contributed by atoms with van der Waals surface area (Å²) in [5.41, 5.74) is 2.58. The maximum atomic E-state index is 12.1. The first-order valence-corrected chi connectivity index (χ1v) is 6.48. The molecule has 0 aliphatic heterocycles. The third kappa shape index (κ3) is 4.41. The highest BCUT2D eigenvalue weighted by molar-refractivity contribution is 6.04. The van der Waals surface area contributed by atoms with Crippen molar-refractivity contribution < 1.29 is 9.90 Å². The van der Waals surface area contributed by atoms with Gasteiger partial charge in [0.25, 0.3) is 5.91 Å². The Balaban J connectivity index is 2.13. The number of amides is 1. The maximum Gasteiger partial charge on any atom is 0.257 e. The average Bonchev–Trinajstić information content (AvgIpc) is 2.48. The van der Waals surface area contributed by atoms with E-state index in [9.17, 15) is 4.79 Å². The van der Waals surface area contributed by atoms with Crippen LogP contribution in [0, 0.1) is 18.8 Å². The van der Waals surface area contributed by atoms with Crippen molar-refractivity contribution in [3.05, 3.63) is 53.6 Å². The lowest BCUT2D eigenvalue weighted by Gasteiger charge is -2.05. The normalized spacial score (nSPS) is 9.62. The average molecular weight is 281 g/mol. The second-order valence-electron chi connectivity index (χ2n) is 4.38. The van der Waals surface area contributed by atoms with Gasteiger partial charge in [0, 0.05) is 42.0 Å². The van der Waals surface area contributed by atoms with E-state index in [1.54, 1.807) is 30.6 Å². The van der Waals surface area contributed by atoms with E-state index in [4.69, 9.17) is 5.11 Å². The molecule has 0 aliphatic rings. The van der Waals surface area contributed by atoms with Crippen LogP contribution in [0.15, 0.2) is 36.8 Å². The highest BCUT2D eigenvalue weighted by atomic mass is 16.2. The molecule has 2 aromatic rings. The lowest BCUT2D eigenvalue weighted by molar-refractivity contribution is 0.102. The highest BCUT2D eigenvalue weighted by Crippen LogP contribution is 2.10. The molecule has 0 fully saturated rings. The van der Waals surface area contributed by atoms with Crippen LogP contribution in [0.2, 0.25) is 0 Å². The fourth-order valence-corrected chi connectivity index (χ4v) is 1.68. The molecule has 2 heterocycles. The highest BCUT2D eigenvalue weighted by Gasteiger charge is 2.07. The summed E-state index contributed by atoms with van der Waals surface area (Å²) >= 11 is 0. The van der Waals surface area contributed by atoms with Gasteiger partial charge in [-0.2, -0.15) is 0 Å². The summed E-state index contributed by atoms with van der Waals surface area (Å²) in [6.07, 6.45) is 5.10. The van der Waals surface area contributed by atoms with Crippen molar-refractivity contribution in [3.63, 3.8) is 0 Å². The number of aliphatic hydroxyl groups excluding tert-OH is 1. The van der Waals surface area contributed by atoms with Crippen molar-refractivity contribution in [3.8, 4) is 11.8 Å². The van der Waals surface area contributed by atoms with Gasteiger partial charge in [-0.3, -0.25) is 14.8 Å². The zero-order valence-electron chi connectivity index (χ0n) is 11.6. The van der Waals surface area contributed by atoms with Gasteiger partial charge in [0.1, 0.15) is 0 Å². The van der Waals surface area contributed by atoms with Crippen molar-refractivity contribution in [2.75, 3.05) is 11.9 Å². The predicted molar refractivity (Wildman–Crippen MR) is 79.7 cm³/mol. The number of rotatable bonds is 3. The van der Waals surface area contributed by atoms with E-state index in [0.29, 0.717) is 23.2 Å². The number of pyridine rings is 2. The molecular formula is C16H15N3O2. The third-order valence-electron chi connectivity index (χ3n) is 2.62. The first-order chi connectivity index (χ1) is 10.2. The Morgan fingerprint density at radius 3 is 3.00 bits per heavy atom. The smallest absolute Gasteiger partial charge is 0.257 e. The van der Waals surface area contributed by atoms with E-state index in [2.05, 4.69) is 27.1 Å². The van der Waals surface area contributed by atoms with Gasteiger partial charge < -0.3 is 10.4 Å².